The Labute approximate surface area is 184 Å². The second-order valence-electron chi connectivity index (χ2n) is 7.69. The first-order valence-corrected chi connectivity index (χ1v) is 14.8. The van der Waals surface area contributed by atoms with Crippen molar-refractivity contribution in [1.82, 2.24) is 17.9 Å². The molecule has 0 aliphatic heterocycles. The van der Waals surface area contributed by atoms with Crippen molar-refractivity contribution in [2.24, 2.45) is 0 Å². The van der Waals surface area contributed by atoms with Crippen LogP contribution in [0.3, 0.4) is 0 Å². The molecule has 7 heteroatoms. The SMILES string of the molecule is CCCCn1c2cc[se]c2c2c3nsnc3c3c4[se]ccc4n(CCCC)c3c21. The second kappa shape index (κ2) is 7.11. The van der Waals surface area contributed by atoms with E-state index in [0.717, 1.165) is 24.1 Å². The Kier molecular flexibility index (Phi) is 4.51. The summed E-state index contributed by atoms with van der Waals surface area (Å²) in [5.41, 5.74) is 8.01. The minimum absolute atomic E-state index is 0.392. The predicted molar refractivity (Wildman–Crippen MR) is 127 cm³/mol. The molecule has 0 aliphatic rings. The molecule has 0 fully saturated rings. The molecule has 6 rings (SSSR count). The van der Waals surface area contributed by atoms with Gasteiger partial charge in [0.25, 0.3) is 0 Å². The van der Waals surface area contributed by atoms with Crippen LogP contribution in [0.2, 0.25) is 0 Å². The van der Waals surface area contributed by atoms with Crippen molar-refractivity contribution in [3.63, 3.8) is 0 Å². The van der Waals surface area contributed by atoms with Crippen molar-refractivity contribution < 1.29 is 0 Å². The molecule has 0 bridgehead atoms. The van der Waals surface area contributed by atoms with Crippen LogP contribution in [0.15, 0.2) is 22.0 Å². The number of nitrogens with zero attached hydrogens (tertiary/aromatic N) is 4. The molecule has 4 nitrogen and oxygen atoms in total. The van der Waals surface area contributed by atoms with Crippen molar-refractivity contribution in [3.8, 4) is 0 Å². The van der Waals surface area contributed by atoms with Crippen LogP contribution in [0.4, 0.5) is 0 Å². The number of benzene rings is 1. The summed E-state index contributed by atoms with van der Waals surface area (Å²) in [7, 11) is 0. The molecule has 6 aromatic rings. The molecule has 1 aromatic carbocycles. The van der Waals surface area contributed by atoms with Gasteiger partial charge in [-0.05, 0) is 0 Å². The van der Waals surface area contributed by atoms with Crippen LogP contribution in [0.25, 0.3) is 52.4 Å². The summed E-state index contributed by atoms with van der Waals surface area (Å²) in [4.78, 5) is 4.74. The molecule has 0 aliphatic carbocycles. The summed E-state index contributed by atoms with van der Waals surface area (Å²) < 4.78 is 18.0. The Bertz CT molecular complexity index is 1380. The van der Waals surface area contributed by atoms with E-state index in [2.05, 4.69) is 45.0 Å². The molecule has 29 heavy (non-hydrogen) atoms. The van der Waals surface area contributed by atoms with E-state index >= 15 is 0 Å². The summed E-state index contributed by atoms with van der Waals surface area (Å²) in [5.74, 6) is 0. The van der Waals surface area contributed by atoms with Crippen LogP contribution >= 0.6 is 11.7 Å². The molecule has 0 atom stereocenters. The third-order valence-corrected chi connectivity index (χ3v) is 10.4. The molecule has 0 amide bonds. The zero-order valence-corrected chi connectivity index (χ0v) is 20.8. The molecule has 0 saturated carbocycles. The van der Waals surface area contributed by atoms with Crippen molar-refractivity contribution in [3.05, 3.63) is 22.0 Å². The van der Waals surface area contributed by atoms with Crippen LogP contribution in [-0.4, -0.2) is 46.9 Å². The van der Waals surface area contributed by atoms with Gasteiger partial charge in [-0.15, -0.1) is 0 Å². The molecular formula is C22H22N4SSe2. The van der Waals surface area contributed by atoms with Crippen LogP contribution in [0.1, 0.15) is 39.5 Å². The van der Waals surface area contributed by atoms with Gasteiger partial charge in [0.1, 0.15) is 0 Å². The fourth-order valence-corrected chi connectivity index (χ4v) is 9.19. The summed E-state index contributed by atoms with van der Waals surface area (Å²) in [6, 6.07) is 4.72. The fraction of sp³-hybridized carbons (Fsp3) is 0.364. The van der Waals surface area contributed by atoms with Gasteiger partial charge in [0.15, 0.2) is 0 Å². The first kappa shape index (κ1) is 18.4. The van der Waals surface area contributed by atoms with E-state index in [9.17, 15) is 0 Å². The number of unbranched alkanes of at least 4 members (excludes halogenated alkanes) is 2. The monoisotopic (exact) mass is 534 g/mol. The second-order valence-corrected chi connectivity index (χ2v) is 12.1. The Morgan fingerprint density at radius 1 is 0.793 bits per heavy atom. The number of rotatable bonds is 6. The number of hydrogen-bond donors (Lipinski definition) is 0. The molecule has 5 aromatic heterocycles. The maximum atomic E-state index is 4.84. The van der Waals surface area contributed by atoms with E-state index in [1.165, 1.54) is 78.8 Å². The van der Waals surface area contributed by atoms with Gasteiger partial charge in [-0.3, -0.25) is 0 Å². The van der Waals surface area contributed by atoms with Gasteiger partial charge in [-0.25, -0.2) is 0 Å². The van der Waals surface area contributed by atoms with Gasteiger partial charge in [0.2, 0.25) is 0 Å². The number of aryl methyl sites for hydroxylation is 2. The van der Waals surface area contributed by atoms with Crippen LogP contribution in [0.5, 0.6) is 0 Å². The average molecular weight is 532 g/mol. The van der Waals surface area contributed by atoms with Crippen LogP contribution < -0.4 is 0 Å². The molecular weight excluding hydrogens is 510 g/mol. The summed E-state index contributed by atoms with van der Waals surface area (Å²) >= 11 is 2.17. The van der Waals surface area contributed by atoms with E-state index in [-0.39, 0.29) is 0 Å². The van der Waals surface area contributed by atoms with Gasteiger partial charge in [0.05, 0.1) is 0 Å². The minimum atomic E-state index is 0.392. The van der Waals surface area contributed by atoms with Crippen molar-refractivity contribution in [2.75, 3.05) is 0 Å². The van der Waals surface area contributed by atoms with Crippen LogP contribution in [-0.2, 0) is 13.1 Å². The zero-order valence-electron chi connectivity index (χ0n) is 16.6. The fourth-order valence-electron chi connectivity index (χ4n) is 4.68. The van der Waals surface area contributed by atoms with E-state index in [0.29, 0.717) is 29.0 Å². The van der Waals surface area contributed by atoms with E-state index in [1.54, 1.807) is 0 Å². The van der Waals surface area contributed by atoms with Crippen molar-refractivity contribution in [2.45, 2.75) is 52.6 Å². The summed E-state index contributed by atoms with van der Waals surface area (Å²) in [6.07, 6.45) is 4.86. The first-order chi connectivity index (χ1) is 14.3. The van der Waals surface area contributed by atoms with E-state index < -0.39 is 0 Å². The Hall–Kier alpha value is -1.36. The maximum absolute atomic E-state index is 4.84. The van der Waals surface area contributed by atoms with E-state index in [4.69, 9.17) is 8.75 Å². The molecule has 0 spiro atoms. The van der Waals surface area contributed by atoms with Crippen molar-refractivity contribution in [1.29, 1.82) is 0 Å². The molecule has 0 N–H and O–H groups in total. The Balaban J connectivity index is 1.90. The molecule has 5 heterocycles. The van der Waals surface area contributed by atoms with Gasteiger partial charge < -0.3 is 0 Å². The summed E-state index contributed by atoms with van der Waals surface area (Å²) in [6.45, 7) is 6.75. The number of aromatic nitrogens is 4. The molecule has 0 saturated heterocycles. The van der Waals surface area contributed by atoms with E-state index in [1.807, 2.05) is 0 Å². The van der Waals surface area contributed by atoms with Crippen molar-refractivity contribution >= 4 is 93.1 Å². The topological polar surface area (TPSA) is 35.6 Å². The van der Waals surface area contributed by atoms with Crippen LogP contribution in [0, 0.1) is 0 Å². The Morgan fingerprint density at radius 2 is 1.28 bits per heavy atom. The number of hydrogen-bond acceptors (Lipinski definition) is 3. The van der Waals surface area contributed by atoms with Gasteiger partial charge in [-0.2, -0.15) is 0 Å². The third kappa shape index (κ3) is 2.49. The molecule has 148 valence electrons. The van der Waals surface area contributed by atoms with Gasteiger partial charge in [-0.1, -0.05) is 0 Å². The number of fused-ring (bicyclic) bond motifs is 10. The van der Waals surface area contributed by atoms with Gasteiger partial charge in [0, 0.05) is 0 Å². The Morgan fingerprint density at radius 3 is 1.72 bits per heavy atom. The molecule has 0 radical (unpaired) electrons. The normalized spacial score (nSPS) is 12.6. The molecule has 0 unspecified atom stereocenters. The average Bonchev–Trinajstić information content (AvgIpc) is 3.51. The quantitative estimate of drug-likeness (QED) is 0.261. The standard InChI is InChI=1S/C22H22N4SSe2/c1-3-5-9-25-13-7-11-28-21(13)15-17-18(24-27-23-17)16-20(19(15)25)26(10-6-4-2)14-8-12-29-22(14)16/h7-8,11-12H,3-6,9-10H2,1-2H3. The zero-order chi connectivity index (χ0) is 19.5. The first-order valence-electron chi connectivity index (χ1n) is 10.4. The van der Waals surface area contributed by atoms with Gasteiger partial charge >= 0.3 is 186 Å². The summed E-state index contributed by atoms with van der Waals surface area (Å²) in [5, 5.41) is 2.78. The third-order valence-electron chi connectivity index (χ3n) is 6.00. The predicted octanol–water partition coefficient (Wildman–Crippen LogP) is 5.62.